The van der Waals surface area contributed by atoms with Crippen molar-refractivity contribution < 1.29 is 9.53 Å². The largest absolute Gasteiger partial charge is 0.381 e. The third-order valence-corrected chi connectivity index (χ3v) is 1.44. The van der Waals surface area contributed by atoms with Crippen LogP contribution in [0.3, 0.4) is 0 Å². The van der Waals surface area contributed by atoms with Gasteiger partial charge in [-0.3, -0.25) is 0 Å². The zero-order valence-corrected chi connectivity index (χ0v) is 7.35. The van der Waals surface area contributed by atoms with Crippen molar-refractivity contribution in [3.05, 3.63) is 5.57 Å². The van der Waals surface area contributed by atoms with Crippen LogP contribution in [0, 0.1) is 0 Å². The van der Waals surface area contributed by atoms with E-state index in [9.17, 15) is 4.79 Å². The van der Waals surface area contributed by atoms with Crippen molar-refractivity contribution >= 4 is 5.94 Å². The van der Waals surface area contributed by atoms with Crippen molar-refractivity contribution in [1.82, 2.24) is 0 Å². The molecule has 11 heavy (non-hydrogen) atoms. The number of unbranched alkanes of at least 4 members (excludes halogenated alkanes) is 1. The first-order chi connectivity index (χ1) is 5.31. The van der Waals surface area contributed by atoms with Crippen LogP contribution in [0.25, 0.3) is 0 Å². The van der Waals surface area contributed by atoms with Gasteiger partial charge >= 0.3 is 0 Å². The lowest BCUT2D eigenvalue weighted by Crippen LogP contribution is -1.97. The van der Waals surface area contributed by atoms with E-state index in [0.29, 0.717) is 13.0 Å². The minimum Gasteiger partial charge on any atom is -0.381 e. The summed E-state index contributed by atoms with van der Waals surface area (Å²) in [5.74, 6) is 1.84. The van der Waals surface area contributed by atoms with Crippen molar-refractivity contribution in [2.75, 3.05) is 13.2 Å². The van der Waals surface area contributed by atoms with Crippen LogP contribution in [-0.2, 0) is 9.53 Å². The van der Waals surface area contributed by atoms with E-state index in [2.05, 4.69) is 6.92 Å². The minimum atomic E-state index is 0.654. The Hall–Kier alpha value is -0.590. The standard InChI is InChI=1S/C9H16O2/c1-3-4-6-11-7-5-9(2)8-10/h3-7H2,1-2H3. The molecule has 0 saturated heterocycles. The van der Waals surface area contributed by atoms with Gasteiger partial charge in [0.2, 0.25) is 0 Å². The van der Waals surface area contributed by atoms with Gasteiger partial charge in [-0.1, -0.05) is 13.3 Å². The highest BCUT2D eigenvalue weighted by molar-refractivity contribution is 5.50. The van der Waals surface area contributed by atoms with Gasteiger partial charge in [-0.2, -0.15) is 0 Å². The van der Waals surface area contributed by atoms with Gasteiger partial charge in [-0.05, 0) is 13.3 Å². The normalized spacial score (nSPS) is 9.27. The van der Waals surface area contributed by atoms with E-state index in [0.717, 1.165) is 25.0 Å². The second-order valence-corrected chi connectivity index (χ2v) is 2.60. The Morgan fingerprint density at radius 2 is 2.18 bits per heavy atom. The Morgan fingerprint density at radius 1 is 1.45 bits per heavy atom. The molecule has 0 aromatic heterocycles. The second kappa shape index (κ2) is 7.52. The Morgan fingerprint density at radius 3 is 2.73 bits per heavy atom. The highest BCUT2D eigenvalue weighted by Gasteiger charge is 1.90. The van der Waals surface area contributed by atoms with Gasteiger partial charge in [0.1, 0.15) is 5.94 Å². The maximum atomic E-state index is 10.0. The van der Waals surface area contributed by atoms with Crippen LogP contribution in [0.1, 0.15) is 33.1 Å². The van der Waals surface area contributed by atoms with E-state index in [4.69, 9.17) is 4.74 Å². The molecule has 0 amide bonds. The van der Waals surface area contributed by atoms with E-state index >= 15 is 0 Å². The lowest BCUT2D eigenvalue weighted by atomic mass is 10.2. The van der Waals surface area contributed by atoms with Gasteiger partial charge in [0.05, 0.1) is 6.61 Å². The van der Waals surface area contributed by atoms with Gasteiger partial charge < -0.3 is 4.74 Å². The highest BCUT2D eigenvalue weighted by atomic mass is 16.5. The van der Waals surface area contributed by atoms with E-state index in [1.807, 2.05) is 5.94 Å². The summed E-state index contributed by atoms with van der Waals surface area (Å²) in [6, 6.07) is 0. The molecule has 0 atom stereocenters. The molecular formula is C9H16O2. The Balaban J connectivity index is 3.08. The van der Waals surface area contributed by atoms with Crippen molar-refractivity contribution in [1.29, 1.82) is 0 Å². The molecule has 0 spiro atoms. The average Bonchev–Trinajstić information content (AvgIpc) is 2.04. The van der Waals surface area contributed by atoms with Crippen LogP contribution in [0.5, 0.6) is 0 Å². The first-order valence-corrected chi connectivity index (χ1v) is 4.09. The van der Waals surface area contributed by atoms with Crippen LogP contribution >= 0.6 is 0 Å². The molecule has 0 unspecified atom stereocenters. The first kappa shape index (κ1) is 10.4. The SMILES string of the molecule is CCCCOCCC(C)=C=O. The van der Waals surface area contributed by atoms with Gasteiger partial charge in [0, 0.05) is 18.6 Å². The summed E-state index contributed by atoms with van der Waals surface area (Å²) < 4.78 is 5.25. The van der Waals surface area contributed by atoms with Crippen molar-refractivity contribution in [2.24, 2.45) is 0 Å². The van der Waals surface area contributed by atoms with E-state index in [1.54, 1.807) is 6.92 Å². The van der Waals surface area contributed by atoms with Gasteiger partial charge in [-0.15, -0.1) is 0 Å². The zero-order valence-electron chi connectivity index (χ0n) is 7.35. The molecule has 0 fully saturated rings. The third-order valence-electron chi connectivity index (χ3n) is 1.44. The van der Waals surface area contributed by atoms with Crippen molar-refractivity contribution in [3.8, 4) is 0 Å². The van der Waals surface area contributed by atoms with Gasteiger partial charge in [0.15, 0.2) is 0 Å². The molecule has 0 heterocycles. The summed E-state index contributed by atoms with van der Waals surface area (Å²) in [5, 5.41) is 0. The Bertz CT molecular complexity index is 134. The van der Waals surface area contributed by atoms with E-state index in [1.165, 1.54) is 0 Å². The molecule has 0 aromatic rings. The predicted octanol–water partition coefficient (Wildman–Crippen LogP) is 1.97. The molecule has 0 bridgehead atoms. The van der Waals surface area contributed by atoms with Crippen LogP contribution in [0.2, 0.25) is 0 Å². The van der Waals surface area contributed by atoms with Crippen LogP contribution in [0.15, 0.2) is 5.57 Å². The predicted molar refractivity (Wildman–Crippen MR) is 45.2 cm³/mol. The molecule has 0 aliphatic heterocycles. The smallest absolute Gasteiger partial charge is 0.123 e. The molecule has 64 valence electrons. The molecule has 0 aliphatic rings. The van der Waals surface area contributed by atoms with Crippen LogP contribution in [-0.4, -0.2) is 19.2 Å². The fourth-order valence-electron chi connectivity index (χ4n) is 0.625. The number of ether oxygens (including phenoxy) is 1. The summed E-state index contributed by atoms with van der Waals surface area (Å²) in [5.41, 5.74) is 0.737. The minimum absolute atomic E-state index is 0.654. The molecule has 0 saturated carbocycles. The van der Waals surface area contributed by atoms with E-state index < -0.39 is 0 Å². The zero-order chi connectivity index (χ0) is 8.53. The monoisotopic (exact) mass is 156 g/mol. The number of hydrogen-bond donors (Lipinski definition) is 0. The summed E-state index contributed by atoms with van der Waals surface area (Å²) in [7, 11) is 0. The Kier molecular flexibility index (Phi) is 7.11. The summed E-state index contributed by atoms with van der Waals surface area (Å²) >= 11 is 0. The summed E-state index contributed by atoms with van der Waals surface area (Å²) in [4.78, 5) is 10.0. The number of carbonyl (C=O) groups excluding carboxylic acids is 1. The lowest BCUT2D eigenvalue weighted by Gasteiger charge is -2.00. The van der Waals surface area contributed by atoms with Crippen molar-refractivity contribution in [2.45, 2.75) is 33.1 Å². The molecule has 0 rings (SSSR count). The third kappa shape index (κ3) is 7.31. The number of rotatable bonds is 6. The molecular weight excluding hydrogens is 140 g/mol. The topological polar surface area (TPSA) is 26.3 Å². The first-order valence-electron chi connectivity index (χ1n) is 4.09. The second-order valence-electron chi connectivity index (χ2n) is 2.60. The highest BCUT2D eigenvalue weighted by Crippen LogP contribution is 1.95. The molecule has 0 aliphatic carbocycles. The fraction of sp³-hybridized carbons (Fsp3) is 0.778. The Labute approximate surface area is 68.2 Å². The summed E-state index contributed by atoms with van der Waals surface area (Å²) in [6.07, 6.45) is 2.97. The fourth-order valence-corrected chi connectivity index (χ4v) is 0.625. The van der Waals surface area contributed by atoms with E-state index in [-0.39, 0.29) is 0 Å². The number of hydrogen-bond acceptors (Lipinski definition) is 2. The molecule has 2 nitrogen and oxygen atoms in total. The van der Waals surface area contributed by atoms with Crippen LogP contribution < -0.4 is 0 Å². The quantitative estimate of drug-likeness (QED) is 0.434. The maximum absolute atomic E-state index is 10.0. The van der Waals surface area contributed by atoms with Crippen LogP contribution in [0.4, 0.5) is 0 Å². The van der Waals surface area contributed by atoms with Gasteiger partial charge in [-0.25, -0.2) is 4.79 Å². The average molecular weight is 156 g/mol. The molecule has 0 radical (unpaired) electrons. The molecule has 0 N–H and O–H groups in total. The lowest BCUT2D eigenvalue weighted by molar-refractivity contribution is 0.134. The van der Waals surface area contributed by atoms with Gasteiger partial charge in [0.25, 0.3) is 0 Å². The van der Waals surface area contributed by atoms with Crippen molar-refractivity contribution in [3.63, 3.8) is 0 Å². The molecule has 2 heteroatoms. The summed E-state index contributed by atoms with van der Waals surface area (Å²) in [6.45, 7) is 5.36. The maximum Gasteiger partial charge on any atom is 0.123 e. The molecule has 0 aromatic carbocycles.